The monoisotopic (exact) mass is 204 g/mol. The highest BCUT2D eigenvalue weighted by molar-refractivity contribution is 5.82. The minimum absolute atomic E-state index is 0.432. The Morgan fingerprint density at radius 3 is 1.57 bits per heavy atom. The number of rotatable bonds is 6. The maximum Gasteiger partial charge on any atom is 0.213 e. The lowest BCUT2D eigenvalue weighted by molar-refractivity contribution is -0.488. The molecule has 0 saturated carbocycles. The summed E-state index contributed by atoms with van der Waals surface area (Å²) in [5.41, 5.74) is 0. The normalized spacial score (nSPS) is 14.4. The lowest BCUT2D eigenvalue weighted by Crippen LogP contribution is -2.29. The molecule has 0 aliphatic heterocycles. The molecule has 0 spiro atoms. The Morgan fingerprint density at radius 2 is 1.36 bits per heavy atom. The van der Waals surface area contributed by atoms with Crippen LogP contribution in [0.3, 0.4) is 0 Å². The van der Waals surface area contributed by atoms with E-state index in [4.69, 9.17) is 0 Å². The molecule has 0 saturated heterocycles. The topological polar surface area (TPSA) is 103 Å². The van der Waals surface area contributed by atoms with Crippen LogP contribution < -0.4 is 0 Å². The molecular formula is C7H12N2O5. The maximum absolute atomic E-state index is 11.3. The van der Waals surface area contributed by atoms with Crippen molar-refractivity contribution in [2.75, 3.05) is 13.1 Å². The van der Waals surface area contributed by atoms with Crippen molar-refractivity contribution in [2.45, 2.75) is 13.8 Å². The van der Waals surface area contributed by atoms with Crippen LogP contribution in [0.1, 0.15) is 13.8 Å². The van der Waals surface area contributed by atoms with Crippen molar-refractivity contribution < 1.29 is 14.6 Å². The van der Waals surface area contributed by atoms with Crippen LogP contribution in [0.15, 0.2) is 0 Å². The molecule has 0 bridgehead atoms. The molecule has 0 heterocycles. The summed E-state index contributed by atoms with van der Waals surface area (Å²) < 4.78 is 0. The molecule has 0 aromatic rings. The van der Waals surface area contributed by atoms with Crippen molar-refractivity contribution in [1.82, 2.24) is 0 Å². The molecule has 2 unspecified atom stereocenters. The van der Waals surface area contributed by atoms with Gasteiger partial charge >= 0.3 is 0 Å². The third-order valence-electron chi connectivity index (χ3n) is 1.82. The van der Waals surface area contributed by atoms with Gasteiger partial charge in [-0.2, -0.15) is 0 Å². The third kappa shape index (κ3) is 4.48. The fraction of sp³-hybridized carbons (Fsp3) is 0.857. The predicted octanol–water partition coefficient (Wildman–Crippen LogP) is 0.381. The molecule has 80 valence electrons. The minimum atomic E-state index is -0.764. The van der Waals surface area contributed by atoms with Crippen molar-refractivity contribution in [3.8, 4) is 0 Å². The number of nitro groups is 2. The first-order valence-corrected chi connectivity index (χ1v) is 4.12. The average Bonchev–Trinajstić information content (AvgIpc) is 2.00. The Hall–Kier alpha value is -1.53. The third-order valence-corrected chi connectivity index (χ3v) is 1.82. The van der Waals surface area contributed by atoms with E-state index in [1.165, 1.54) is 13.8 Å². The van der Waals surface area contributed by atoms with E-state index in [1.54, 1.807) is 0 Å². The second-order valence-corrected chi connectivity index (χ2v) is 3.24. The van der Waals surface area contributed by atoms with Crippen molar-refractivity contribution in [3.05, 3.63) is 20.2 Å². The number of Topliss-reactive ketones (excluding diaryl/α,β-unsaturated/α-hetero) is 1. The first-order valence-electron chi connectivity index (χ1n) is 4.12. The molecule has 0 radical (unpaired) electrons. The Morgan fingerprint density at radius 1 is 1.07 bits per heavy atom. The van der Waals surface area contributed by atoms with Gasteiger partial charge < -0.3 is 0 Å². The fourth-order valence-electron chi connectivity index (χ4n) is 1.11. The van der Waals surface area contributed by atoms with Crippen molar-refractivity contribution >= 4 is 5.78 Å². The summed E-state index contributed by atoms with van der Waals surface area (Å²) in [6.45, 7) is 1.87. The smallest absolute Gasteiger partial charge is 0.213 e. The highest BCUT2D eigenvalue weighted by Crippen LogP contribution is 2.07. The Bertz CT molecular complexity index is 228. The van der Waals surface area contributed by atoms with Crippen molar-refractivity contribution in [3.63, 3.8) is 0 Å². The molecule has 0 aromatic carbocycles. The zero-order valence-corrected chi connectivity index (χ0v) is 8.00. The Kier molecular flexibility index (Phi) is 4.68. The van der Waals surface area contributed by atoms with E-state index in [1.807, 2.05) is 0 Å². The molecule has 0 aliphatic rings. The average molecular weight is 204 g/mol. The summed E-state index contributed by atoms with van der Waals surface area (Å²) in [7, 11) is 0. The zero-order valence-electron chi connectivity index (χ0n) is 8.00. The summed E-state index contributed by atoms with van der Waals surface area (Å²) in [4.78, 5) is 30.3. The Balaban J connectivity index is 4.16. The van der Waals surface area contributed by atoms with Crippen molar-refractivity contribution in [1.29, 1.82) is 0 Å². The Labute approximate surface area is 80.4 Å². The molecule has 14 heavy (non-hydrogen) atoms. The number of hydrogen-bond acceptors (Lipinski definition) is 5. The van der Waals surface area contributed by atoms with E-state index in [9.17, 15) is 25.0 Å². The van der Waals surface area contributed by atoms with Gasteiger partial charge in [-0.1, -0.05) is 0 Å². The SMILES string of the molecule is CC(C[N+](=O)[O-])C(=O)C(C)C[N+](=O)[O-]. The first kappa shape index (κ1) is 12.5. The van der Waals surface area contributed by atoms with Gasteiger partial charge in [-0.15, -0.1) is 0 Å². The van der Waals surface area contributed by atoms with Gasteiger partial charge in [0.05, 0.1) is 11.8 Å². The standard InChI is InChI=1S/C7H12N2O5/c1-5(3-8(11)12)7(10)6(2)4-9(13)14/h5-6H,3-4H2,1-2H3. The molecule has 7 heteroatoms. The minimum Gasteiger partial charge on any atom is -0.299 e. The highest BCUT2D eigenvalue weighted by atomic mass is 16.6. The van der Waals surface area contributed by atoms with Crippen LogP contribution in [0.2, 0.25) is 0 Å². The molecule has 0 aromatic heterocycles. The van der Waals surface area contributed by atoms with Gasteiger partial charge in [0, 0.05) is 9.85 Å². The number of carbonyl (C=O) groups excluding carboxylic acids is 1. The van der Waals surface area contributed by atoms with Crippen LogP contribution in [0.4, 0.5) is 0 Å². The quantitative estimate of drug-likeness (QED) is 0.459. The van der Waals surface area contributed by atoms with Crippen LogP contribution in [-0.4, -0.2) is 28.7 Å². The summed E-state index contributed by atoms with van der Waals surface area (Å²) in [5.74, 6) is -1.96. The van der Waals surface area contributed by atoms with Gasteiger partial charge in [0.15, 0.2) is 5.78 Å². The molecule has 0 aliphatic carbocycles. The van der Waals surface area contributed by atoms with Crippen LogP contribution in [0.5, 0.6) is 0 Å². The van der Waals surface area contributed by atoms with Crippen LogP contribution >= 0.6 is 0 Å². The first-order chi connectivity index (χ1) is 6.34. The van der Waals surface area contributed by atoms with Gasteiger partial charge in [0.2, 0.25) is 13.1 Å². The summed E-state index contributed by atoms with van der Waals surface area (Å²) >= 11 is 0. The molecule has 0 fully saturated rings. The van der Waals surface area contributed by atoms with Gasteiger partial charge in [-0.25, -0.2) is 0 Å². The number of ketones is 1. The molecular weight excluding hydrogens is 192 g/mol. The summed E-state index contributed by atoms with van der Waals surface area (Å²) in [6, 6.07) is 0. The van der Waals surface area contributed by atoms with Crippen molar-refractivity contribution in [2.24, 2.45) is 11.8 Å². The van der Waals surface area contributed by atoms with Crippen LogP contribution in [-0.2, 0) is 4.79 Å². The molecule has 7 nitrogen and oxygen atoms in total. The van der Waals surface area contributed by atoms with Crippen LogP contribution in [0, 0.1) is 32.1 Å². The lowest BCUT2D eigenvalue weighted by atomic mass is 9.96. The van der Waals surface area contributed by atoms with Gasteiger partial charge in [0.1, 0.15) is 0 Å². The number of nitrogens with zero attached hydrogens (tertiary/aromatic N) is 2. The second-order valence-electron chi connectivity index (χ2n) is 3.24. The van der Waals surface area contributed by atoms with E-state index in [-0.39, 0.29) is 0 Å². The van der Waals surface area contributed by atoms with Gasteiger partial charge in [0.25, 0.3) is 0 Å². The second kappa shape index (κ2) is 5.25. The molecule has 0 amide bonds. The fourth-order valence-corrected chi connectivity index (χ4v) is 1.11. The van der Waals surface area contributed by atoms with Crippen LogP contribution in [0.25, 0.3) is 0 Å². The van der Waals surface area contributed by atoms with Gasteiger partial charge in [-0.3, -0.25) is 25.0 Å². The highest BCUT2D eigenvalue weighted by Gasteiger charge is 2.26. The molecule has 0 rings (SSSR count). The van der Waals surface area contributed by atoms with E-state index < -0.39 is 40.6 Å². The van der Waals surface area contributed by atoms with E-state index in [0.717, 1.165) is 0 Å². The van der Waals surface area contributed by atoms with E-state index >= 15 is 0 Å². The zero-order chi connectivity index (χ0) is 11.3. The predicted molar refractivity (Wildman–Crippen MR) is 47.1 cm³/mol. The largest absolute Gasteiger partial charge is 0.299 e. The number of hydrogen-bond donors (Lipinski definition) is 0. The lowest BCUT2D eigenvalue weighted by Gasteiger charge is -2.09. The summed E-state index contributed by atoms with van der Waals surface area (Å²) in [5, 5.41) is 20.2. The molecule has 2 atom stereocenters. The van der Waals surface area contributed by atoms with E-state index in [2.05, 4.69) is 0 Å². The van der Waals surface area contributed by atoms with Gasteiger partial charge in [-0.05, 0) is 13.8 Å². The number of carbonyl (C=O) groups is 1. The summed E-state index contributed by atoms with van der Waals surface area (Å²) in [6.07, 6.45) is 0. The maximum atomic E-state index is 11.3. The molecule has 0 N–H and O–H groups in total. The van der Waals surface area contributed by atoms with E-state index in [0.29, 0.717) is 0 Å².